The van der Waals surface area contributed by atoms with Gasteiger partial charge in [-0.2, -0.15) is 0 Å². The maximum Gasteiger partial charge on any atom is 0.317 e. The zero-order valence-electron chi connectivity index (χ0n) is 13.7. The minimum atomic E-state index is 0.0257. The van der Waals surface area contributed by atoms with Gasteiger partial charge < -0.3 is 19.9 Å². The minimum Gasteiger partial charge on any atom is -0.381 e. The van der Waals surface area contributed by atoms with E-state index in [0.717, 1.165) is 32.7 Å². The molecule has 0 unspecified atom stereocenters. The van der Waals surface area contributed by atoms with E-state index in [1.54, 1.807) is 11.3 Å². The van der Waals surface area contributed by atoms with Crippen LogP contribution in [0.3, 0.4) is 0 Å². The number of hydrogen-bond donors (Lipinski definition) is 1. The third-order valence-corrected chi connectivity index (χ3v) is 5.09. The van der Waals surface area contributed by atoms with Crippen molar-refractivity contribution in [1.29, 1.82) is 0 Å². The van der Waals surface area contributed by atoms with Gasteiger partial charge in [-0.05, 0) is 38.9 Å². The Kier molecular flexibility index (Phi) is 6.67. The predicted octanol–water partition coefficient (Wildman–Crippen LogP) is 2.42. The number of likely N-dealkylation sites (N-methyl/N-ethyl adjacent to an activating group) is 1. The molecular weight excluding hydrogens is 298 g/mol. The highest BCUT2D eigenvalue weighted by atomic mass is 32.1. The van der Waals surface area contributed by atoms with E-state index in [9.17, 15) is 4.79 Å². The van der Waals surface area contributed by atoms with Gasteiger partial charge in [-0.3, -0.25) is 0 Å². The molecule has 22 heavy (non-hydrogen) atoms. The van der Waals surface area contributed by atoms with Crippen LogP contribution >= 0.6 is 11.3 Å². The molecule has 1 N–H and O–H groups in total. The SMILES string of the molecule is CCN(C[C@@H]1CCOC1)C(=O)NC[C@H](c1cccs1)N(C)C. The Hall–Kier alpha value is -1.11. The van der Waals surface area contributed by atoms with Gasteiger partial charge in [0.1, 0.15) is 0 Å². The van der Waals surface area contributed by atoms with Crippen LogP contribution in [-0.4, -0.2) is 62.8 Å². The topological polar surface area (TPSA) is 44.8 Å². The number of rotatable bonds is 7. The molecule has 0 bridgehead atoms. The second-order valence-corrected chi connectivity index (χ2v) is 6.93. The summed E-state index contributed by atoms with van der Waals surface area (Å²) in [5.74, 6) is 0.479. The second kappa shape index (κ2) is 8.50. The number of urea groups is 1. The zero-order chi connectivity index (χ0) is 15.9. The minimum absolute atomic E-state index is 0.0257. The molecule has 0 radical (unpaired) electrons. The van der Waals surface area contributed by atoms with E-state index in [2.05, 4.69) is 27.7 Å². The molecule has 0 aliphatic carbocycles. The van der Waals surface area contributed by atoms with E-state index < -0.39 is 0 Å². The van der Waals surface area contributed by atoms with Crippen molar-refractivity contribution >= 4 is 17.4 Å². The number of ether oxygens (including phenoxy) is 1. The Morgan fingerprint density at radius 3 is 2.91 bits per heavy atom. The number of carbonyl (C=O) groups is 1. The average Bonchev–Trinajstić information content (AvgIpc) is 3.18. The number of hydrogen-bond acceptors (Lipinski definition) is 4. The smallest absolute Gasteiger partial charge is 0.317 e. The van der Waals surface area contributed by atoms with E-state index >= 15 is 0 Å². The van der Waals surface area contributed by atoms with Crippen LogP contribution in [-0.2, 0) is 4.74 Å². The first kappa shape index (κ1) is 17.2. The van der Waals surface area contributed by atoms with Gasteiger partial charge in [-0.15, -0.1) is 11.3 Å². The summed E-state index contributed by atoms with van der Waals surface area (Å²) in [6.45, 7) is 5.77. The van der Waals surface area contributed by atoms with Gasteiger partial charge in [0.25, 0.3) is 0 Å². The lowest BCUT2D eigenvalue weighted by Gasteiger charge is -2.27. The van der Waals surface area contributed by atoms with Gasteiger partial charge in [0, 0.05) is 37.0 Å². The molecule has 2 heterocycles. The molecule has 1 fully saturated rings. The summed E-state index contributed by atoms with van der Waals surface area (Å²) in [5, 5.41) is 5.16. The Bertz CT molecular complexity index is 444. The Morgan fingerprint density at radius 2 is 2.36 bits per heavy atom. The lowest BCUT2D eigenvalue weighted by Crippen LogP contribution is -2.45. The number of thiophene rings is 1. The molecule has 6 heteroatoms. The van der Waals surface area contributed by atoms with E-state index in [1.165, 1.54) is 4.88 Å². The third-order valence-electron chi connectivity index (χ3n) is 4.11. The third kappa shape index (κ3) is 4.69. The maximum absolute atomic E-state index is 12.4. The largest absolute Gasteiger partial charge is 0.381 e. The summed E-state index contributed by atoms with van der Waals surface area (Å²) in [6, 6.07) is 4.42. The van der Waals surface area contributed by atoms with Gasteiger partial charge in [0.05, 0.1) is 12.6 Å². The molecule has 5 nitrogen and oxygen atoms in total. The molecule has 124 valence electrons. The summed E-state index contributed by atoms with van der Waals surface area (Å²) in [6.07, 6.45) is 1.05. The lowest BCUT2D eigenvalue weighted by atomic mass is 10.1. The van der Waals surface area contributed by atoms with Crippen molar-refractivity contribution < 1.29 is 9.53 Å². The zero-order valence-corrected chi connectivity index (χ0v) is 14.6. The number of amides is 2. The molecule has 0 spiro atoms. The quantitative estimate of drug-likeness (QED) is 0.837. The predicted molar refractivity (Wildman–Crippen MR) is 90.3 cm³/mol. The highest BCUT2D eigenvalue weighted by Crippen LogP contribution is 2.22. The van der Waals surface area contributed by atoms with Crippen molar-refractivity contribution in [3.05, 3.63) is 22.4 Å². The number of nitrogens with zero attached hydrogens (tertiary/aromatic N) is 2. The standard InChI is InChI=1S/C16H27N3O2S/c1-4-19(11-13-7-8-21-12-13)16(20)17-10-14(18(2)3)15-6-5-9-22-15/h5-6,9,13-14H,4,7-8,10-12H2,1-3H3,(H,17,20)/t13-,14+/m0/s1. The normalized spacial score (nSPS) is 19.4. The highest BCUT2D eigenvalue weighted by molar-refractivity contribution is 7.10. The fourth-order valence-electron chi connectivity index (χ4n) is 2.71. The van der Waals surface area contributed by atoms with E-state index in [0.29, 0.717) is 12.5 Å². The monoisotopic (exact) mass is 325 g/mol. The van der Waals surface area contributed by atoms with Crippen LogP contribution < -0.4 is 5.32 Å². The molecule has 0 saturated carbocycles. The molecule has 0 aromatic carbocycles. The van der Waals surface area contributed by atoms with E-state index in [4.69, 9.17) is 4.74 Å². The van der Waals surface area contributed by atoms with Crippen molar-refractivity contribution in [3.63, 3.8) is 0 Å². The van der Waals surface area contributed by atoms with E-state index in [-0.39, 0.29) is 12.1 Å². The molecule has 1 saturated heterocycles. The molecule has 2 amide bonds. The summed E-state index contributed by atoms with van der Waals surface area (Å²) < 4.78 is 5.40. The second-order valence-electron chi connectivity index (χ2n) is 5.95. The van der Waals surface area contributed by atoms with Crippen molar-refractivity contribution in [1.82, 2.24) is 15.1 Å². The van der Waals surface area contributed by atoms with Crippen molar-refractivity contribution in [2.24, 2.45) is 5.92 Å². The number of carbonyl (C=O) groups excluding carboxylic acids is 1. The summed E-state index contributed by atoms with van der Waals surface area (Å²) >= 11 is 1.73. The van der Waals surface area contributed by atoms with Crippen LogP contribution in [0.4, 0.5) is 4.79 Å². The molecule has 2 atom stereocenters. The van der Waals surface area contributed by atoms with Gasteiger partial charge in [0.15, 0.2) is 0 Å². The van der Waals surface area contributed by atoms with Crippen LogP contribution in [0, 0.1) is 5.92 Å². The Morgan fingerprint density at radius 1 is 1.55 bits per heavy atom. The van der Waals surface area contributed by atoms with Crippen molar-refractivity contribution in [2.45, 2.75) is 19.4 Å². The van der Waals surface area contributed by atoms with Gasteiger partial charge in [-0.25, -0.2) is 4.79 Å². The molecule has 1 aromatic heterocycles. The van der Waals surface area contributed by atoms with Crippen molar-refractivity contribution in [3.8, 4) is 0 Å². The molecule has 2 rings (SSSR count). The van der Waals surface area contributed by atoms with Crippen LogP contribution in [0.25, 0.3) is 0 Å². The van der Waals surface area contributed by atoms with Gasteiger partial charge in [-0.1, -0.05) is 6.07 Å². The van der Waals surface area contributed by atoms with Gasteiger partial charge >= 0.3 is 6.03 Å². The van der Waals surface area contributed by atoms with Crippen molar-refractivity contribution in [2.75, 3.05) is 46.9 Å². The Balaban J connectivity index is 1.86. The molecular formula is C16H27N3O2S. The number of nitrogens with one attached hydrogen (secondary N) is 1. The highest BCUT2D eigenvalue weighted by Gasteiger charge is 2.22. The van der Waals surface area contributed by atoms with Crippen LogP contribution in [0.1, 0.15) is 24.3 Å². The molecule has 1 aromatic rings. The summed E-state index contributed by atoms with van der Waals surface area (Å²) in [4.78, 5) is 17.7. The van der Waals surface area contributed by atoms with Crippen LogP contribution in [0.2, 0.25) is 0 Å². The van der Waals surface area contributed by atoms with Gasteiger partial charge in [0.2, 0.25) is 0 Å². The average molecular weight is 325 g/mol. The van der Waals surface area contributed by atoms with Crippen LogP contribution in [0.5, 0.6) is 0 Å². The molecule has 1 aliphatic heterocycles. The maximum atomic E-state index is 12.4. The first-order valence-electron chi connectivity index (χ1n) is 7.92. The lowest BCUT2D eigenvalue weighted by molar-refractivity contribution is 0.164. The summed E-state index contributed by atoms with van der Waals surface area (Å²) in [5.41, 5.74) is 0. The molecule has 1 aliphatic rings. The van der Waals surface area contributed by atoms with Crippen LogP contribution in [0.15, 0.2) is 17.5 Å². The summed E-state index contributed by atoms with van der Waals surface area (Å²) in [7, 11) is 4.09. The van der Waals surface area contributed by atoms with E-state index in [1.807, 2.05) is 25.9 Å². The Labute approximate surface area is 137 Å². The fraction of sp³-hybridized carbons (Fsp3) is 0.688. The first-order valence-corrected chi connectivity index (χ1v) is 8.80. The fourth-order valence-corrected chi connectivity index (χ4v) is 3.63. The first-order chi connectivity index (χ1) is 10.6.